The summed E-state index contributed by atoms with van der Waals surface area (Å²) < 4.78 is 1.87. The van der Waals surface area contributed by atoms with E-state index in [1.165, 1.54) is 5.56 Å². The number of benzene rings is 1. The summed E-state index contributed by atoms with van der Waals surface area (Å²) in [7, 11) is 0. The molecule has 0 aliphatic carbocycles. The summed E-state index contributed by atoms with van der Waals surface area (Å²) in [6.07, 6.45) is 8.50. The molecule has 1 atom stereocenters. The molecule has 0 bridgehead atoms. The lowest BCUT2D eigenvalue weighted by Crippen LogP contribution is -2.41. The van der Waals surface area contributed by atoms with Gasteiger partial charge in [-0.1, -0.05) is 30.3 Å². The molecule has 1 fully saturated rings. The first-order valence-corrected chi connectivity index (χ1v) is 9.65. The van der Waals surface area contributed by atoms with E-state index in [-0.39, 0.29) is 17.9 Å². The predicted molar refractivity (Wildman–Crippen MR) is 105 cm³/mol. The Morgan fingerprint density at radius 3 is 2.70 bits per heavy atom. The van der Waals surface area contributed by atoms with Crippen LogP contribution in [0.15, 0.2) is 61.1 Å². The van der Waals surface area contributed by atoms with Crippen molar-refractivity contribution in [3.63, 3.8) is 0 Å². The van der Waals surface area contributed by atoms with Gasteiger partial charge in [-0.2, -0.15) is 0 Å². The molecule has 2 aromatic heterocycles. The SMILES string of the molecule is O=C(c1ccc2nccn2c1)N1CCC([C@H](O)CCc2ccccc2)CC1. The van der Waals surface area contributed by atoms with E-state index in [0.29, 0.717) is 18.7 Å². The van der Waals surface area contributed by atoms with E-state index in [0.717, 1.165) is 31.3 Å². The van der Waals surface area contributed by atoms with Crippen molar-refractivity contribution in [3.8, 4) is 0 Å². The highest BCUT2D eigenvalue weighted by Crippen LogP contribution is 2.24. The van der Waals surface area contributed by atoms with Crippen molar-refractivity contribution >= 4 is 11.6 Å². The van der Waals surface area contributed by atoms with Crippen LogP contribution in [0.2, 0.25) is 0 Å². The van der Waals surface area contributed by atoms with Crippen LogP contribution in [0.3, 0.4) is 0 Å². The van der Waals surface area contributed by atoms with Gasteiger partial charge in [0.15, 0.2) is 0 Å². The molecular formula is C22H25N3O2. The van der Waals surface area contributed by atoms with E-state index in [1.54, 1.807) is 6.20 Å². The van der Waals surface area contributed by atoms with E-state index in [2.05, 4.69) is 17.1 Å². The average molecular weight is 363 g/mol. The van der Waals surface area contributed by atoms with Gasteiger partial charge in [0.1, 0.15) is 5.65 Å². The van der Waals surface area contributed by atoms with E-state index < -0.39 is 0 Å². The van der Waals surface area contributed by atoms with Crippen LogP contribution in [0.4, 0.5) is 0 Å². The molecule has 3 aromatic rings. The summed E-state index contributed by atoms with van der Waals surface area (Å²) in [5.74, 6) is 0.330. The fourth-order valence-corrected chi connectivity index (χ4v) is 3.91. The van der Waals surface area contributed by atoms with Gasteiger partial charge >= 0.3 is 0 Å². The highest BCUT2D eigenvalue weighted by molar-refractivity contribution is 5.94. The first-order chi connectivity index (χ1) is 13.2. The van der Waals surface area contributed by atoms with Crippen LogP contribution in [-0.2, 0) is 6.42 Å². The van der Waals surface area contributed by atoms with Gasteiger partial charge in [-0.25, -0.2) is 4.98 Å². The second kappa shape index (κ2) is 7.92. The molecule has 140 valence electrons. The Morgan fingerprint density at radius 2 is 1.93 bits per heavy atom. The third-order valence-electron chi connectivity index (χ3n) is 5.58. The maximum absolute atomic E-state index is 12.8. The molecule has 4 rings (SSSR count). The Morgan fingerprint density at radius 1 is 1.15 bits per heavy atom. The Kier molecular flexibility index (Phi) is 5.21. The van der Waals surface area contributed by atoms with Crippen LogP contribution < -0.4 is 0 Å². The van der Waals surface area contributed by atoms with Crippen LogP contribution >= 0.6 is 0 Å². The molecule has 0 saturated carbocycles. The molecule has 0 unspecified atom stereocenters. The van der Waals surface area contributed by atoms with Gasteiger partial charge in [-0.3, -0.25) is 4.79 Å². The first-order valence-electron chi connectivity index (χ1n) is 9.65. The molecule has 1 aromatic carbocycles. The number of aryl methyl sites for hydroxylation is 1. The fraction of sp³-hybridized carbons (Fsp3) is 0.364. The van der Waals surface area contributed by atoms with Crippen molar-refractivity contribution in [2.75, 3.05) is 13.1 Å². The number of aliphatic hydroxyl groups excluding tert-OH is 1. The molecule has 1 N–H and O–H groups in total. The standard InChI is InChI=1S/C22H25N3O2/c26-20(8-6-17-4-2-1-3-5-17)18-10-13-24(14-11-18)22(27)19-7-9-21-23-12-15-25(21)16-19/h1-5,7,9,12,15-16,18,20,26H,6,8,10-11,13-14H2/t20-/m1/s1. The number of rotatable bonds is 5. The molecular weight excluding hydrogens is 338 g/mol. The number of imidazole rings is 1. The number of nitrogens with zero attached hydrogens (tertiary/aromatic N) is 3. The van der Waals surface area contributed by atoms with Gasteiger partial charge in [-0.05, 0) is 49.3 Å². The number of amides is 1. The number of likely N-dealkylation sites (tertiary alicyclic amines) is 1. The van der Waals surface area contributed by atoms with Crippen molar-refractivity contribution < 1.29 is 9.90 Å². The summed E-state index contributed by atoms with van der Waals surface area (Å²) in [6.45, 7) is 1.40. The lowest BCUT2D eigenvalue weighted by atomic mass is 9.88. The first kappa shape index (κ1) is 17.7. The quantitative estimate of drug-likeness (QED) is 0.757. The van der Waals surface area contributed by atoms with E-state index in [4.69, 9.17) is 0 Å². The third-order valence-corrected chi connectivity index (χ3v) is 5.58. The Labute approximate surface area is 159 Å². The van der Waals surface area contributed by atoms with Crippen LogP contribution in [0.25, 0.3) is 5.65 Å². The molecule has 1 aliphatic heterocycles. The third kappa shape index (κ3) is 4.03. The maximum atomic E-state index is 12.8. The number of hydrogen-bond donors (Lipinski definition) is 1. The number of pyridine rings is 1. The minimum absolute atomic E-state index is 0.0582. The van der Waals surface area contributed by atoms with Crippen molar-refractivity contribution in [2.24, 2.45) is 5.92 Å². The zero-order valence-corrected chi connectivity index (χ0v) is 15.4. The molecule has 3 heterocycles. The second-order valence-electron chi connectivity index (χ2n) is 7.33. The molecule has 0 radical (unpaired) electrons. The highest BCUT2D eigenvalue weighted by Gasteiger charge is 2.27. The number of aromatic nitrogens is 2. The average Bonchev–Trinajstić information content (AvgIpc) is 3.20. The van der Waals surface area contributed by atoms with E-state index in [1.807, 2.05) is 52.0 Å². The molecule has 1 saturated heterocycles. The second-order valence-corrected chi connectivity index (χ2v) is 7.33. The van der Waals surface area contributed by atoms with Crippen molar-refractivity contribution in [1.82, 2.24) is 14.3 Å². The molecule has 5 heteroatoms. The molecule has 5 nitrogen and oxygen atoms in total. The molecule has 1 aliphatic rings. The minimum atomic E-state index is -0.301. The lowest BCUT2D eigenvalue weighted by Gasteiger charge is -2.34. The highest BCUT2D eigenvalue weighted by atomic mass is 16.3. The largest absolute Gasteiger partial charge is 0.393 e. The van der Waals surface area contributed by atoms with Crippen molar-refractivity contribution in [3.05, 3.63) is 72.2 Å². The Balaban J connectivity index is 1.30. The van der Waals surface area contributed by atoms with Gasteiger partial charge in [0, 0.05) is 31.7 Å². The van der Waals surface area contributed by atoms with Crippen LogP contribution in [0.1, 0.15) is 35.2 Å². The van der Waals surface area contributed by atoms with E-state index >= 15 is 0 Å². The summed E-state index contributed by atoms with van der Waals surface area (Å²) in [6, 6.07) is 14.0. The van der Waals surface area contributed by atoms with Crippen molar-refractivity contribution in [1.29, 1.82) is 0 Å². The van der Waals surface area contributed by atoms with Crippen LogP contribution in [-0.4, -0.2) is 44.5 Å². The Hall–Kier alpha value is -2.66. The number of aliphatic hydroxyl groups is 1. The molecule has 27 heavy (non-hydrogen) atoms. The van der Waals surface area contributed by atoms with Gasteiger partial charge in [0.05, 0.1) is 11.7 Å². The summed E-state index contributed by atoms with van der Waals surface area (Å²) in [4.78, 5) is 18.9. The van der Waals surface area contributed by atoms with E-state index in [9.17, 15) is 9.90 Å². The topological polar surface area (TPSA) is 57.8 Å². The lowest BCUT2D eigenvalue weighted by molar-refractivity contribution is 0.0436. The van der Waals surface area contributed by atoms with Gasteiger partial charge in [-0.15, -0.1) is 0 Å². The van der Waals surface area contributed by atoms with Crippen molar-refractivity contribution in [2.45, 2.75) is 31.8 Å². The van der Waals surface area contributed by atoms with Gasteiger partial charge in [0.2, 0.25) is 0 Å². The maximum Gasteiger partial charge on any atom is 0.255 e. The normalized spacial score (nSPS) is 16.6. The zero-order chi connectivity index (χ0) is 18.6. The number of carbonyl (C=O) groups excluding carboxylic acids is 1. The number of carbonyl (C=O) groups is 1. The summed E-state index contributed by atoms with van der Waals surface area (Å²) in [5.41, 5.74) is 2.79. The van der Waals surface area contributed by atoms with Crippen LogP contribution in [0.5, 0.6) is 0 Å². The number of piperidine rings is 1. The van der Waals surface area contributed by atoms with Gasteiger partial charge < -0.3 is 14.4 Å². The molecule has 0 spiro atoms. The summed E-state index contributed by atoms with van der Waals surface area (Å²) in [5, 5.41) is 10.6. The smallest absolute Gasteiger partial charge is 0.255 e. The summed E-state index contributed by atoms with van der Waals surface area (Å²) >= 11 is 0. The number of fused-ring (bicyclic) bond motifs is 1. The minimum Gasteiger partial charge on any atom is -0.393 e. The fourth-order valence-electron chi connectivity index (χ4n) is 3.91. The zero-order valence-electron chi connectivity index (χ0n) is 15.4. The predicted octanol–water partition coefficient (Wildman–Crippen LogP) is 3.18. The van der Waals surface area contributed by atoms with Gasteiger partial charge in [0.25, 0.3) is 5.91 Å². The van der Waals surface area contributed by atoms with Crippen LogP contribution in [0, 0.1) is 5.92 Å². The molecule has 1 amide bonds. The Bertz CT molecular complexity index is 898. The monoisotopic (exact) mass is 363 g/mol. The number of hydrogen-bond acceptors (Lipinski definition) is 3.